The summed E-state index contributed by atoms with van der Waals surface area (Å²) in [4.78, 5) is 36.9. The van der Waals surface area contributed by atoms with Crippen molar-refractivity contribution < 1.29 is 9.59 Å². The van der Waals surface area contributed by atoms with Crippen LogP contribution in [0, 0.1) is 11.8 Å². The van der Waals surface area contributed by atoms with Gasteiger partial charge in [-0.3, -0.25) is 4.79 Å². The van der Waals surface area contributed by atoms with Gasteiger partial charge >= 0.3 is 6.03 Å². The first kappa shape index (κ1) is 28.1. The minimum absolute atomic E-state index is 0.0562. The molecule has 41 heavy (non-hydrogen) atoms. The quantitative estimate of drug-likeness (QED) is 0.161. The van der Waals surface area contributed by atoms with E-state index in [1.807, 2.05) is 59.7 Å². The van der Waals surface area contributed by atoms with Crippen molar-refractivity contribution in [2.45, 2.75) is 43.5 Å². The maximum absolute atomic E-state index is 13.9. The number of anilines is 2. The zero-order valence-electron chi connectivity index (χ0n) is 23.2. The number of amides is 3. The van der Waals surface area contributed by atoms with Crippen LogP contribution in [0.1, 0.15) is 58.5 Å². The number of hydrogen-bond donors (Lipinski definition) is 3. The third kappa shape index (κ3) is 7.00. The van der Waals surface area contributed by atoms with Crippen molar-refractivity contribution in [1.82, 2.24) is 14.9 Å². The van der Waals surface area contributed by atoms with E-state index in [-0.39, 0.29) is 18.0 Å². The molecule has 0 saturated carbocycles. The Hall–Kier alpha value is -4.48. The fraction of sp³-hybridized carbons (Fsp3) is 0.242. The molecule has 2 heterocycles. The van der Waals surface area contributed by atoms with E-state index in [1.54, 1.807) is 30.4 Å². The molecule has 3 N–H and O–H groups in total. The second kappa shape index (κ2) is 13.2. The molecular formula is C33H33N5O2S. The van der Waals surface area contributed by atoms with Gasteiger partial charge in [-0.1, -0.05) is 37.0 Å². The van der Waals surface area contributed by atoms with Gasteiger partial charge in [-0.15, -0.1) is 11.8 Å². The minimum atomic E-state index is -0.360. The van der Waals surface area contributed by atoms with Gasteiger partial charge in [0, 0.05) is 58.7 Å². The topological polar surface area (TPSA) is 90.1 Å². The summed E-state index contributed by atoms with van der Waals surface area (Å²) in [5.74, 6) is 6.35. The lowest BCUT2D eigenvalue weighted by Crippen LogP contribution is -2.41. The van der Waals surface area contributed by atoms with E-state index in [0.29, 0.717) is 36.3 Å². The third-order valence-corrected chi connectivity index (χ3v) is 7.82. The van der Waals surface area contributed by atoms with Gasteiger partial charge in [0.05, 0.1) is 12.4 Å². The van der Waals surface area contributed by atoms with E-state index in [4.69, 9.17) is 0 Å². The molecule has 3 aromatic carbocycles. The molecular weight excluding hydrogens is 530 g/mol. The van der Waals surface area contributed by atoms with Crippen molar-refractivity contribution in [3.8, 4) is 11.8 Å². The molecule has 208 valence electrons. The number of carbonyl (C=O) groups is 2. The standard InChI is InChI=1S/C33H33N5O2S/c1-3-4-5-6-23-7-9-24(10-8-23)31-19-25-11-12-27(37-33(40)36-26-13-15-29(41-2)16-14-26)20-30(25)32(39)38(31)18-17-28-21-34-22-35-28/h7-16,20-22,31H,3-4,17-19H2,1-2H3,(H,34,35)(H2,36,37,40). The zero-order chi connectivity index (χ0) is 28.6. The summed E-state index contributed by atoms with van der Waals surface area (Å²) >= 11 is 1.64. The monoisotopic (exact) mass is 563 g/mol. The number of benzene rings is 3. The number of aromatic nitrogens is 2. The van der Waals surface area contributed by atoms with Crippen molar-refractivity contribution in [3.05, 3.63) is 107 Å². The number of fused-ring (bicyclic) bond motifs is 1. The van der Waals surface area contributed by atoms with Crippen LogP contribution in [0.2, 0.25) is 0 Å². The SMILES string of the molecule is CCCC#Cc1ccc(C2Cc3ccc(NC(=O)Nc4ccc(SC)cc4)cc3C(=O)N2CCc2cnc[nH]2)cc1. The average molecular weight is 564 g/mol. The Bertz CT molecular complexity index is 1550. The molecule has 0 fully saturated rings. The highest BCUT2D eigenvalue weighted by molar-refractivity contribution is 7.98. The van der Waals surface area contributed by atoms with Crippen molar-refractivity contribution >= 4 is 35.1 Å². The zero-order valence-corrected chi connectivity index (χ0v) is 24.1. The van der Waals surface area contributed by atoms with E-state index in [9.17, 15) is 9.59 Å². The molecule has 0 radical (unpaired) electrons. The van der Waals surface area contributed by atoms with E-state index in [0.717, 1.165) is 40.1 Å². The summed E-state index contributed by atoms with van der Waals surface area (Å²) in [6.07, 6.45) is 8.70. The lowest BCUT2D eigenvalue weighted by atomic mass is 9.88. The number of nitrogens with one attached hydrogen (secondary N) is 3. The molecule has 0 aliphatic carbocycles. The van der Waals surface area contributed by atoms with Gasteiger partial charge in [0.1, 0.15) is 0 Å². The number of imidazole rings is 1. The molecule has 0 spiro atoms. The summed E-state index contributed by atoms with van der Waals surface area (Å²) in [6.45, 7) is 2.65. The second-order valence-electron chi connectivity index (χ2n) is 9.90. The highest BCUT2D eigenvalue weighted by atomic mass is 32.2. The predicted octanol–water partition coefficient (Wildman–Crippen LogP) is 6.91. The number of H-pyrrole nitrogens is 1. The predicted molar refractivity (Wildman–Crippen MR) is 165 cm³/mol. The highest BCUT2D eigenvalue weighted by Gasteiger charge is 2.33. The van der Waals surface area contributed by atoms with Crippen LogP contribution < -0.4 is 10.6 Å². The maximum Gasteiger partial charge on any atom is 0.323 e. The van der Waals surface area contributed by atoms with Crippen LogP contribution in [-0.4, -0.2) is 39.6 Å². The second-order valence-corrected chi connectivity index (χ2v) is 10.8. The summed E-state index contributed by atoms with van der Waals surface area (Å²) in [5.41, 5.74) is 5.85. The highest BCUT2D eigenvalue weighted by Crippen LogP contribution is 2.35. The van der Waals surface area contributed by atoms with Gasteiger partial charge in [-0.2, -0.15) is 0 Å². The van der Waals surface area contributed by atoms with Gasteiger partial charge in [0.25, 0.3) is 5.91 Å². The molecule has 3 amide bonds. The Morgan fingerprint density at radius 3 is 2.54 bits per heavy atom. The van der Waals surface area contributed by atoms with E-state index in [1.165, 1.54) is 0 Å². The summed E-state index contributed by atoms with van der Waals surface area (Å²) in [5, 5.41) is 5.73. The number of hydrogen-bond acceptors (Lipinski definition) is 4. The Kier molecular flexibility index (Phi) is 9.07. The molecule has 1 aliphatic rings. The molecule has 0 bridgehead atoms. The maximum atomic E-state index is 13.9. The normalized spacial score (nSPS) is 14.1. The molecule has 8 heteroatoms. The first-order valence-electron chi connectivity index (χ1n) is 13.8. The van der Waals surface area contributed by atoms with Crippen LogP contribution in [-0.2, 0) is 12.8 Å². The fourth-order valence-electron chi connectivity index (χ4n) is 4.91. The fourth-order valence-corrected chi connectivity index (χ4v) is 5.32. The Balaban J connectivity index is 1.36. The van der Waals surface area contributed by atoms with Gasteiger partial charge in [0.2, 0.25) is 0 Å². The molecule has 0 saturated heterocycles. The van der Waals surface area contributed by atoms with E-state index in [2.05, 4.69) is 51.5 Å². The van der Waals surface area contributed by atoms with Gasteiger partial charge in [0.15, 0.2) is 0 Å². The molecule has 1 atom stereocenters. The third-order valence-electron chi connectivity index (χ3n) is 7.08. The number of unbranched alkanes of at least 4 members (excludes halogenated alkanes) is 1. The van der Waals surface area contributed by atoms with Crippen LogP contribution in [0.15, 0.2) is 84.1 Å². The Morgan fingerprint density at radius 1 is 1.07 bits per heavy atom. The molecule has 4 aromatic rings. The number of aromatic amines is 1. The van der Waals surface area contributed by atoms with Crippen molar-refractivity contribution in [1.29, 1.82) is 0 Å². The smallest absolute Gasteiger partial charge is 0.323 e. The molecule has 1 aliphatic heterocycles. The van der Waals surface area contributed by atoms with Gasteiger partial charge in [-0.25, -0.2) is 9.78 Å². The lowest BCUT2D eigenvalue weighted by molar-refractivity contribution is 0.0649. The van der Waals surface area contributed by atoms with Crippen LogP contribution in [0.5, 0.6) is 0 Å². The van der Waals surface area contributed by atoms with Gasteiger partial charge < -0.3 is 20.5 Å². The first-order chi connectivity index (χ1) is 20.0. The largest absolute Gasteiger partial charge is 0.348 e. The first-order valence-corrected chi connectivity index (χ1v) is 15.0. The van der Waals surface area contributed by atoms with Crippen LogP contribution in [0.3, 0.4) is 0 Å². The van der Waals surface area contributed by atoms with Gasteiger partial charge in [-0.05, 0) is 78.8 Å². The minimum Gasteiger partial charge on any atom is -0.348 e. The van der Waals surface area contributed by atoms with Crippen molar-refractivity contribution in [2.75, 3.05) is 23.4 Å². The number of thioether (sulfide) groups is 1. The summed E-state index contributed by atoms with van der Waals surface area (Å²) in [7, 11) is 0. The Morgan fingerprint density at radius 2 is 1.83 bits per heavy atom. The number of urea groups is 1. The number of rotatable bonds is 8. The van der Waals surface area contributed by atoms with E-state index >= 15 is 0 Å². The number of carbonyl (C=O) groups excluding carboxylic acids is 2. The van der Waals surface area contributed by atoms with Crippen LogP contribution in [0.25, 0.3) is 0 Å². The average Bonchev–Trinajstić information content (AvgIpc) is 3.51. The molecule has 1 unspecified atom stereocenters. The van der Waals surface area contributed by atoms with Crippen molar-refractivity contribution in [3.63, 3.8) is 0 Å². The lowest BCUT2D eigenvalue weighted by Gasteiger charge is -2.37. The van der Waals surface area contributed by atoms with Crippen LogP contribution in [0.4, 0.5) is 16.2 Å². The molecule has 1 aromatic heterocycles. The van der Waals surface area contributed by atoms with Crippen molar-refractivity contribution in [2.24, 2.45) is 0 Å². The molecule has 5 rings (SSSR count). The van der Waals surface area contributed by atoms with E-state index < -0.39 is 0 Å². The number of nitrogens with zero attached hydrogens (tertiary/aromatic N) is 2. The molecule has 7 nitrogen and oxygen atoms in total. The summed E-state index contributed by atoms with van der Waals surface area (Å²) < 4.78 is 0. The summed E-state index contributed by atoms with van der Waals surface area (Å²) in [6, 6.07) is 21.0. The Labute approximate surface area is 245 Å². The van der Waals surface area contributed by atoms with Crippen LogP contribution >= 0.6 is 11.8 Å².